The van der Waals surface area contributed by atoms with Gasteiger partial charge in [-0.15, -0.1) is 5.10 Å². The molecule has 0 spiro atoms. The summed E-state index contributed by atoms with van der Waals surface area (Å²) in [5.41, 5.74) is 8.22. The van der Waals surface area contributed by atoms with Crippen LogP contribution >= 0.6 is 0 Å². The van der Waals surface area contributed by atoms with Crippen molar-refractivity contribution in [2.75, 3.05) is 6.54 Å². The Morgan fingerprint density at radius 3 is 2.78 bits per heavy atom. The Morgan fingerprint density at radius 1 is 1.41 bits per heavy atom. The van der Waals surface area contributed by atoms with Crippen LogP contribution < -0.4 is 11.1 Å². The van der Waals surface area contributed by atoms with E-state index in [-0.39, 0.29) is 29.2 Å². The number of hydrogen-bond acceptors (Lipinski definition) is 4. The van der Waals surface area contributed by atoms with Crippen LogP contribution in [0.3, 0.4) is 0 Å². The van der Waals surface area contributed by atoms with Gasteiger partial charge in [-0.2, -0.15) is 0 Å². The van der Waals surface area contributed by atoms with Crippen molar-refractivity contribution in [3.05, 3.63) is 70.8 Å². The van der Waals surface area contributed by atoms with Gasteiger partial charge in [0, 0.05) is 12.5 Å². The van der Waals surface area contributed by atoms with Gasteiger partial charge in [0.15, 0.2) is 5.69 Å². The molecule has 0 aliphatic heterocycles. The van der Waals surface area contributed by atoms with E-state index in [0.717, 1.165) is 11.1 Å². The first kappa shape index (κ1) is 18.5. The van der Waals surface area contributed by atoms with Crippen molar-refractivity contribution in [3.63, 3.8) is 0 Å². The fraction of sp³-hybridized carbons (Fsp3) is 0.263. The maximum atomic E-state index is 13.0. The lowest BCUT2D eigenvalue weighted by atomic mass is 9.96. The van der Waals surface area contributed by atoms with E-state index < -0.39 is 0 Å². The van der Waals surface area contributed by atoms with Crippen LogP contribution in [0.5, 0.6) is 0 Å². The minimum Gasteiger partial charge on any atom is -0.387 e. The van der Waals surface area contributed by atoms with E-state index in [1.54, 1.807) is 23.7 Å². The molecule has 1 aromatic carbocycles. The van der Waals surface area contributed by atoms with Gasteiger partial charge in [-0.1, -0.05) is 35.6 Å². The highest BCUT2D eigenvalue weighted by molar-refractivity contribution is 5.93. The standard InChI is InChI=1S/C19H21FN6O/c1-12-17(24-25-26(12)11-14-4-8-16(20)9-5-14)19(27)23-10-13-2-6-15(7-3-13)18(21)22/h2-6,8-9,15H,7,10-11H2,1H3,(H3,21,22)(H,23,27). The Labute approximate surface area is 156 Å². The van der Waals surface area contributed by atoms with Crippen LogP contribution in [0.2, 0.25) is 0 Å². The van der Waals surface area contributed by atoms with Crippen LogP contribution in [0.15, 0.2) is 48.1 Å². The van der Waals surface area contributed by atoms with Gasteiger partial charge in [-0.05, 0) is 36.6 Å². The molecule has 7 nitrogen and oxygen atoms in total. The molecule has 2 aromatic rings. The van der Waals surface area contributed by atoms with Gasteiger partial charge in [0.2, 0.25) is 0 Å². The number of allylic oxidation sites excluding steroid dienone is 1. The summed E-state index contributed by atoms with van der Waals surface area (Å²) in [7, 11) is 0. The molecule has 1 aliphatic rings. The molecule has 1 atom stereocenters. The Hall–Kier alpha value is -3.29. The molecule has 8 heteroatoms. The zero-order valence-electron chi connectivity index (χ0n) is 14.9. The minimum absolute atomic E-state index is 0.0712. The first-order chi connectivity index (χ1) is 12.9. The summed E-state index contributed by atoms with van der Waals surface area (Å²) in [6.07, 6.45) is 6.36. The second-order valence-electron chi connectivity index (χ2n) is 6.43. The summed E-state index contributed by atoms with van der Waals surface area (Å²) in [4.78, 5) is 12.4. The van der Waals surface area contributed by atoms with Crippen molar-refractivity contribution in [1.29, 1.82) is 5.41 Å². The van der Waals surface area contributed by atoms with Crippen LogP contribution in [0.25, 0.3) is 0 Å². The summed E-state index contributed by atoms with van der Waals surface area (Å²) in [5, 5.41) is 18.3. The number of aromatic nitrogens is 3. The molecule has 0 radical (unpaired) electrons. The van der Waals surface area contributed by atoms with Crippen LogP contribution in [0, 0.1) is 24.1 Å². The number of nitrogens with zero attached hydrogens (tertiary/aromatic N) is 3. The second kappa shape index (κ2) is 7.94. The first-order valence-electron chi connectivity index (χ1n) is 8.58. The van der Waals surface area contributed by atoms with Crippen molar-refractivity contribution in [2.24, 2.45) is 11.7 Å². The molecule has 4 N–H and O–H groups in total. The largest absolute Gasteiger partial charge is 0.387 e. The second-order valence-corrected chi connectivity index (χ2v) is 6.43. The van der Waals surface area contributed by atoms with Gasteiger partial charge in [-0.25, -0.2) is 9.07 Å². The summed E-state index contributed by atoms with van der Waals surface area (Å²) in [6, 6.07) is 6.12. The summed E-state index contributed by atoms with van der Waals surface area (Å²) >= 11 is 0. The molecule has 1 aromatic heterocycles. The van der Waals surface area contributed by atoms with Crippen LogP contribution in [0.1, 0.15) is 28.2 Å². The average Bonchev–Trinajstić information content (AvgIpc) is 3.02. The van der Waals surface area contributed by atoms with Gasteiger partial charge >= 0.3 is 0 Å². The average molecular weight is 368 g/mol. The third-order valence-electron chi connectivity index (χ3n) is 4.47. The van der Waals surface area contributed by atoms with Gasteiger partial charge in [0.05, 0.1) is 18.1 Å². The molecule has 1 unspecified atom stereocenters. The number of rotatable bonds is 6. The fourth-order valence-electron chi connectivity index (χ4n) is 2.78. The molecular weight excluding hydrogens is 347 g/mol. The molecule has 0 bridgehead atoms. The van der Waals surface area contributed by atoms with Gasteiger partial charge < -0.3 is 11.1 Å². The normalized spacial score (nSPS) is 16.1. The number of carbonyl (C=O) groups is 1. The molecule has 140 valence electrons. The van der Waals surface area contributed by atoms with E-state index in [0.29, 0.717) is 25.2 Å². The number of halogens is 1. The van der Waals surface area contributed by atoms with Crippen molar-refractivity contribution in [2.45, 2.75) is 19.9 Å². The lowest BCUT2D eigenvalue weighted by Gasteiger charge is -2.15. The van der Waals surface area contributed by atoms with E-state index in [2.05, 4.69) is 15.6 Å². The third kappa shape index (κ3) is 4.46. The molecule has 0 saturated carbocycles. The highest BCUT2D eigenvalue weighted by atomic mass is 19.1. The Kier molecular flexibility index (Phi) is 5.44. The number of amidine groups is 1. The summed E-state index contributed by atoms with van der Waals surface area (Å²) in [5.74, 6) is -0.535. The predicted molar refractivity (Wildman–Crippen MR) is 99.8 cm³/mol. The Balaban J connectivity index is 1.59. The quantitative estimate of drug-likeness (QED) is 0.535. The Morgan fingerprint density at radius 2 is 2.15 bits per heavy atom. The molecule has 0 saturated heterocycles. The maximum absolute atomic E-state index is 13.0. The third-order valence-corrected chi connectivity index (χ3v) is 4.47. The maximum Gasteiger partial charge on any atom is 0.274 e. The smallest absolute Gasteiger partial charge is 0.274 e. The number of amides is 1. The van der Waals surface area contributed by atoms with Crippen LogP contribution in [-0.4, -0.2) is 33.3 Å². The lowest BCUT2D eigenvalue weighted by Crippen LogP contribution is -2.27. The monoisotopic (exact) mass is 368 g/mol. The summed E-state index contributed by atoms with van der Waals surface area (Å²) in [6.45, 7) is 2.55. The number of nitrogens with one attached hydrogen (secondary N) is 2. The van der Waals surface area contributed by atoms with Crippen molar-refractivity contribution >= 4 is 11.7 Å². The number of hydrogen-bond donors (Lipinski definition) is 3. The molecule has 0 fully saturated rings. The fourth-order valence-corrected chi connectivity index (χ4v) is 2.78. The predicted octanol–water partition coefficient (Wildman–Crippen LogP) is 1.94. The van der Waals surface area contributed by atoms with E-state index in [1.807, 2.05) is 18.2 Å². The molecule has 1 heterocycles. The molecule has 27 heavy (non-hydrogen) atoms. The van der Waals surface area contributed by atoms with E-state index in [9.17, 15) is 9.18 Å². The zero-order valence-corrected chi connectivity index (χ0v) is 14.9. The van der Waals surface area contributed by atoms with Crippen molar-refractivity contribution in [1.82, 2.24) is 20.3 Å². The van der Waals surface area contributed by atoms with E-state index >= 15 is 0 Å². The SMILES string of the molecule is Cc1c(C(=O)NCC2=CCC(C(=N)N)C=C2)nnn1Cc1ccc(F)cc1. The number of nitrogens with two attached hydrogens (primary N) is 1. The molecular formula is C19H21FN6O. The van der Waals surface area contributed by atoms with Gasteiger partial charge in [0.25, 0.3) is 5.91 Å². The number of benzene rings is 1. The molecule has 1 aliphatic carbocycles. The highest BCUT2D eigenvalue weighted by Crippen LogP contribution is 2.16. The first-order valence-corrected chi connectivity index (χ1v) is 8.58. The summed E-state index contributed by atoms with van der Waals surface area (Å²) < 4.78 is 14.6. The zero-order chi connectivity index (χ0) is 19.4. The van der Waals surface area contributed by atoms with Gasteiger partial charge in [0.1, 0.15) is 5.82 Å². The van der Waals surface area contributed by atoms with Crippen molar-refractivity contribution in [3.8, 4) is 0 Å². The van der Waals surface area contributed by atoms with Crippen LogP contribution in [-0.2, 0) is 6.54 Å². The van der Waals surface area contributed by atoms with E-state index in [4.69, 9.17) is 11.1 Å². The lowest BCUT2D eigenvalue weighted by molar-refractivity contribution is 0.0951. The molecule has 3 rings (SSSR count). The Bertz CT molecular complexity index is 913. The van der Waals surface area contributed by atoms with Gasteiger partial charge in [-0.3, -0.25) is 10.2 Å². The topological polar surface area (TPSA) is 110 Å². The number of carbonyl (C=O) groups excluding carboxylic acids is 1. The highest BCUT2D eigenvalue weighted by Gasteiger charge is 2.17. The van der Waals surface area contributed by atoms with Crippen LogP contribution in [0.4, 0.5) is 4.39 Å². The molecule has 1 amide bonds. The van der Waals surface area contributed by atoms with Crippen molar-refractivity contribution < 1.29 is 9.18 Å². The minimum atomic E-state index is -0.305. The van der Waals surface area contributed by atoms with E-state index in [1.165, 1.54) is 12.1 Å².